The van der Waals surface area contributed by atoms with Crippen LogP contribution in [0.4, 0.5) is 0 Å². The van der Waals surface area contributed by atoms with E-state index in [-0.39, 0.29) is 6.10 Å². The van der Waals surface area contributed by atoms with Crippen molar-refractivity contribution in [3.05, 3.63) is 0 Å². The summed E-state index contributed by atoms with van der Waals surface area (Å²) in [5, 5.41) is 0. The van der Waals surface area contributed by atoms with Crippen molar-refractivity contribution in [2.45, 2.75) is 37.4 Å². The Bertz CT molecular complexity index is 363. The molecule has 1 atom stereocenters. The smallest absolute Gasteiger partial charge is 0.382 e. The highest BCUT2D eigenvalue weighted by atomic mass is 28.4. The molecule has 6 heterocycles. The normalized spacial score (nSPS) is 36.6. The maximum absolute atomic E-state index is 5.87. The van der Waals surface area contributed by atoms with Crippen LogP contribution in [-0.4, -0.2) is 80.8 Å². The predicted octanol–water partition coefficient (Wildman–Crippen LogP) is 0.921. The van der Waals surface area contributed by atoms with Crippen LogP contribution in [-0.2, 0) is 37.0 Å². The van der Waals surface area contributed by atoms with Gasteiger partial charge in [-0.2, -0.15) is 0 Å². The second-order valence-corrected chi connectivity index (χ2v) is 8.61. The van der Waals surface area contributed by atoms with Crippen molar-refractivity contribution in [3.63, 3.8) is 0 Å². The lowest BCUT2D eigenvalue weighted by Crippen LogP contribution is -2.84. The van der Waals surface area contributed by atoms with Crippen LogP contribution in [0, 0.1) is 0 Å². The molecule has 0 radical (unpaired) electrons. The van der Waals surface area contributed by atoms with E-state index in [0.717, 1.165) is 25.3 Å². The van der Waals surface area contributed by atoms with E-state index >= 15 is 0 Å². The van der Waals surface area contributed by atoms with E-state index in [1.165, 1.54) is 0 Å². The lowest BCUT2D eigenvalue weighted by molar-refractivity contribution is -0.483. The molecule has 0 N–H and O–H groups in total. The van der Waals surface area contributed by atoms with Gasteiger partial charge in [-0.3, -0.25) is 0 Å². The summed E-state index contributed by atoms with van der Waals surface area (Å²) < 4.78 is 44.9. The number of ether oxygens (including phenoxy) is 5. The summed E-state index contributed by atoms with van der Waals surface area (Å²) in [6, 6.07) is 0.816. The Morgan fingerprint density at radius 3 is 2.62 bits per heavy atom. The van der Waals surface area contributed by atoms with Crippen molar-refractivity contribution in [3.8, 4) is 0 Å². The number of rotatable bonds is 8. The molecule has 6 aliphatic heterocycles. The molecule has 6 aliphatic rings. The largest absolute Gasteiger partial charge is 0.512 e. The molecule has 1 unspecified atom stereocenters. The first kappa shape index (κ1) is 18.7. The van der Waals surface area contributed by atoms with Gasteiger partial charge >= 0.3 is 8.80 Å². The highest BCUT2D eigenvalue weighted by Gasteiger charge is 2.77. The predicted molar refractivity (Wildman–Crippen MR) is 84.5 cm³/mol. The van der Waals surface area contributed by atoms with E-state index in [4.69, 9.17) is 37.0 Å². The minimum Gasteiger partial charge on any atom is -0.382 e. The van der Waals surface area contributed by atoms with Gasteiger partial charge in [0, 0.05) is 32.8 Å². The zero-order chi connectivity index (χ0) is 16.7. The summed E-state index contributed by atoms with van der Waals surface area (Å²) in [6.07, 6.45) is 2.36. The Labute approximate surface area is 143 Å². The van der Waals surface area contributed by atoms with Gasteiger partial charge in [0.15, 0.2) is 0 Å². The maximum atomic E-state index is 5.87. The molecule has 24 heavy (non-hydrogen) atoms. The van der Waals surface area contributed by atoms with Gasteiger partial charge in [0.1, 0.15) is 6.10 Å². The van der Waals surface area contributed by atoms with Crippen LogP contribution in [0.5, 0.6) is 0 Å². The van der Waals surface area contributed by atoms with Gasteiger partial charge in [0.2, 0.25) is 0 Å². The molecule has 140 valence electrons. The summed E-state index contributed by atoms with van der Waals surface area (Å²) in [7, 11) is -0.599. The molecule has 6 fully saturated rings. The third-order valence-corrected chi connectivity index (χ3v) is 6.93. The van der Waals surface area contributed by atoms with Crippen molar-refractivity contribution < 1.29 is 37.0 Å². The zero-order valence-corrected chi connectivity index (χ0v) is 15.3. The molecule has 0 aromatic carbocycles. The highest BCUT2D eigenvalue weighted by Crippen LogP contribution is 2.55. The summed E-state index contributed by atoms with van der Waals surface area (Å²) >= 11 is 0. The molecule has 6 saturated heterocycles. The van der Waals surface area contributed by atoms with E-state index in [2.05, 4.69) is 0 Å². The van der Waals surface area contributed by atoms with E-state index in [1.807, 2.05) is 0 Å². The molecular weight excluding hydrogens is 336 g/mol. The second kappa shape index (κ2) is 9.02. The third-order valence-electron chi connectivity index (χ3n) is 4.10. The number of hydrogen-bond donors (Lipinski definition) is 0. The molecular formula is C15H28O8Si. The summed E-state index contributed by atoms with van der Waals surface area (Å²) in [5.41, 5.74) is 0. The SMILES string of the molecule is COCCOCCOCC1COCCCC23O[Si](CCCO1)(O2)O3. The van der Waals surface area contributed by atoms with Crippen molar-refractivity contribution >= 4 is 8.80 Å². The Morgan fingerprint density at radius 1 is 1.00 bits per heavy atom. The fraction of sp³-hybridized carbons (Fsp3) is 1.00. The van der Waals surface area contributed by atoms with Crippen molar-refractivity contribution in [1.82, 2.24) is 0 Å². The monoisotopic (exact) mass is 364 g/mol. The molecule has 0 aliphatic carbocycles. The van der Waals surface area contributed by atoms with Gasteiger partial charge in [-0.05, 0) is 12.8 Å². The quantitative estimate of drug-likeness (QED) is 0.465. The van der Waals surface area contributed by atoms with Crippen LogP contribution in [0.1, 0.15) is 19.3 Å². The fourth-order valence-electron chi connectivity index (χ4n) is 2.91. The van der Waals surface area contributed by atoms with Crippen LogP contribution < -0.4 is 0 Å². The molecule has 9 heteroatoms. The number of hydrogen-bond acceptors (Lipinski definition) is 8. The zero-order valence-electron chi connectivity index (χ0n) is 14.3. The Morgan fingerprint density at radius 2 is 1.79 bits per heavy atom. The molecule has 8 nitrogen and oxygen atoms in total. The first-order valence-electron chi connectivity index (χ1n) is 8.70. The van der Waals surface area contributed by atoms with E-state index in [0.29, 0.717) is 52.9 Å². The first-order valence-corrected chi connectivity index (χ1v) is 10.6. The van der Waals surface area contributed by atoms with Crippen molar-refractivity contribution in [1.29, 1.82) is 0 Å². The second-order valence-electron chi connectivity index (χ2n) is 6.13. The van der Waals surface area contributed by atoms with Crippen LogP contribution in [0.3, 0.4) is 0 Å². The minimum absolute atomic E-state index is 0.0604. The Hall–Kier alpha value is -0.103. The third kappa shape index (κ3) is 4.96. The highest BCUT2D eigenvalue weighted by molar-refractivity contribution is 6.66. The van der Waals surface area contributed by atoms with E-state index < -0.39 is 14.8 Å². The standard InChI is InChI=1S/C15H28O8Si/c1-16-7-8-17-9-10-19-13-14-12-18-5-2-4-15-21-24(22-15,23-15)11-3-6-20-14/h14H,2-13H2,1H3. The minimum atomic E-state index is -2.25. The lowest BCUT2D eigenvalue weighted by Gasteiger charge is -2.65. The fourth-order valence-corrected chi connectivity index (χ4v) is 5.56. The first-order chi connectivity index (χ1) is 11.8. The molecule has 0 aromatic rings. The van der Waals surface area contributed by atoms with Gasteiger partial charge in [-0.15, -0.1) is 0 Å². The van der Waals surface area contributed by atoms with Crippen LogP contribution in [0.25, 0.3) is 0 Å². The summed E-state index contributed by atoms with van der Waals surface area (Å²) in [4.78, 5) is 0. The van der Waals surface area contributed by atoms with E-state index in [1.54, 1.807) is 7.11 Å². The molecule has 2 bridgehead atoms. The maximum Gasteiger partial charge on any atom is 0.512 e. The van der Waals surface area contributed by atoms with Crippen LogP contribution >= 0.6 is 0 Å². The lowest BCUT2D eigenvalue weighted by atomic mass is 10.3. The molecule has 0 amide bonds. The van der Waals surface area contributed by atoms with Gasteiger partial charge in [0.05, 0.1) is 39.6 Å². The van der Waals surface area contributed by atoms with E-state index in [9.17, 15) is 0 Å². The summed E-state index contributed by atoms with van der Waals surface area (Å²) in [5.74, 6) is -0.726. The Balaban J connectivity index is 1.30. The molecule has 0 aromatic heterocycles. The van der Waals surface area contributed by atoms with Crippen molar-refractivity contribution in [2.75, 3.05) is 60.0 Å². The summed E-state index contributed by atoms with van der Waals surface area (Å²) in [6.45, 7) is 4.57. The van der Waals surface area contributed by atoms with Gasteiger partial charge in [-0.25, -0.2) is 0 Å². The van der Waals surface area contributed by atoms with Crippen LogP contribution in [0.2, 0.25) is 6.04 Å². The number of methoxy groups -OCH3 is 1. The van der Waals surface area contributed by atoms with Crippen LogP contribution in [0.15, 0.2) is 0 Å². The van der Waals surface area contributed by atoms with Gasteiger partial charge in [-0.1, -0.05) is 0 Å². The molecule has 0 saturated carbocycles. The van der Waals surface area contributed by atoms with Crippen molar-refractivity contribution in [2.24, 2.45) is 0 Å². The average Bonchev–Trinajstić information content (AvgIpc) is 2.54. The van der Waals surface area contributed by atoms with Gasteiger partial charge in [0.25, 0.3) is 5.97 Å². The Kier molecular flexibility index (Phi) is 7.02. The molecule has 6 rings (SSSR count). The molecule has 0 spiro atoms. The van der Waals surface area contributed by atoms with Gasteiger partial charge < -0.3 is 37.0 Å². The average molecular weight is 364 g/mol. The topological polar surface area (TPSA) is 73.8 Å².